The number of benzene rings is 3. The van der Waals surface area contributed by atoms with Crippen LogP contribution in [0.3, 0.4) is 0 Å². The zero-order chi connectivity index (χ0) is 28.6. The fraction of sp³-hybridized carbons (Fsp3) is 0.138. The molecule has 4 aromatic rings. The Morgan fingerprint density at radius 1 is 0.975 bits per heavy atom. The van der Waals surface area contributed by atoms with E-state index in [4.69, 9.17) is 21.1 Å². The summed E-state index contributed by atoms with van der Waals surface area (Å²) >= 11 is 7.23. The first-order valence-electron chi connectivity index (χ1n) is 12.0. The molecule has 1 fully saturated rings. The number of allylic oxidation sites excluding steroid dienone is 1. The molecule has 0 unspecified atom stereocenters. The molecule has 204 valence electrons. The van der Waals surface area contributed by atoms with E-state index in [1.54, 1.807) is 61.0 Å². The third-order valence-corrected chi connectivity index (χ3v) is 7.65. The molecule has 0 saturated carbocycles. The van der Waals surface area contributed by atoms with Gasteiger partial charge in [0.25, 0.3) is 11.1 Å². The molecule has 2 amide bonds. The topological polar surface area (TPSA) is 86.6 Å². The van der Waals surface area contributed by atoms with Crippen LogP contribution in [0.1, 0.15) is 12.5 Å². The Labute approximate surface area is 236 Å². The van der Waals surface area contributed by atoms with Crippen LogP contribution in [-0.4, -0.2) is 28.9 Å². The molecule has 11 heteroatoms. The first-order chi connectivity index (χ1) is 19.2. The Balaban J connectivity index is 1.37. The fourth-order valence-electron chi connectivity index (χ4n) is 4.40. The predicted octanol–water partition coefficient (Wildman–Crippen LogP) is 6.31. The number of hydrogen-bond donors (Lipinski definition) is 1. The van der Waals surface area contributed by atoms with Crippen molar-refractivity contribution >= 4 is 51.0 Å². The van der Waals surface area contributed by atoms with Crippen molar-refractivity contribution in [2.24, 2.45) is 7.05 Å². The maximum Gasteiger partial charge on any atom is 0.290 e. The van der Waals surface area contributed by atoms with E-state index in [0.29, 0.717) is 38.4 Å². The molecule has 7 nitrogen and oxygen atoms in total. The Morgan fingerprint density at radius 2 is 1.73 bits per heavy atom. The number of ether oxygens (including phenoxy) is 2. The molecular formula is C29H21ClF2N2O5S. The number of halogens is 3. The number of thioether (sulfide) groups is 1. The van der Waals surface area contributed by atoms with Crippen molar-refractivity contribution in [3.05, 3.63) is 98.0 Å². The molecule has 0 aliphatic carbocycles. The van der Waals surface area contributed by atoms with E-state index in [9.17, 15) is 23.2 Å². The zero-order valence-corrected chi connectivity index (χ0v) is 22.8. The molecule has 3 aromatic carbocycles. The Hall–Kier alpha value is -4.15. The number of carbonyl (C=O) groups is 2. The van der Waals surface area contributed by atoms with Gasteiger partial charge in [0, 0.05) is 18.0 Å². The average molecular weight is 583 g/mol. The summed E-state index contributed by atoms with van der Waals surface area (Å²) in [6.45, 7) is 1.68. The fourth-order valence-corrected chi connectivity index (χ4v) is 5.38. The quantitative estimate of drug-likeness (QED) is 0.203. The first-order valence-corrected chi connectivity index (χ1v) is 13.2. The van der Waals surface area contributed by atoms with E-state index in [0.717, 1.165) is 23.9 Å². The lowest BCUT2D eigenvalue weighted by atomic mass is 10.1. The van der Waals surface area contributed by atoms with Crippen LogP contribution in [0.15, 0.2) is 70.4 Å². The van der Waals surface area contributed by atoms with Gasteiger partial charge in [-0.3, -0.25) is 19.7 Å². The molecule has 1 aromatic heterocycles. The van der Waals surface area contributed by atoms with Gasteiger partial charge in [-0.25, -0.2) is 8.78 Å². The number of pyridine rings is 1. The summed E-state index contributed by atoms with van der Waals surface area (Å²) in [7, 11) is 1.71. The molecule has 1 N–H and O–H groups in total. The highest BCUT2D eigenvalue weighted by molar-refractivity contribution is 8.18. The SMILES string of the molecule is C/C(=C1\SC(=O)NC1=O)c1ccc(OCCOc2c(-c3ccc(F)c(F)c3)n(C)c3ccccc3c2=O)c(Cl)c1. The molecule has 0 spiro atoms. The maximum atomic E-state index is 14.1. The second-order valence-electron chi connectivity index (χ2n) is 8.85. The summed E-state index contributed by atoms with van der Waals surface area (Å²) in [5.74, 6) is -2.18. The second-order valence-corrected chi connectivity index (χ2v) is 10.2. The lowest BCUT2D eigenvalue weighted by Crippen LogP contribution is -2.18. The molecule has 40 heavy (non-hydrogen) atoms. The van der Waals surface area contributed by atoms with Crippen molar-refractivity contribution < 1.29 is 27.8 Å². The highest BCUT2D eigenvalue weighted by Gasteiger charge is 2.27. The number of imide groups is 1. The van der Waals surface area contributed by atoms with Crippen molar-refractivity contribution in [1.29, 1.82) is 0 Å². The number of amides is 2. The summed E-state index contributed by atoms with van der Waals surface area (Å²) in [4.78, 5) is 37.1. The first kappa shape index (κ1) is 27.4. The highest BCUT2D eigenvalue weighted by atomic mass is 35.5. The van der Waals surface area contributed by atoms with Crippen molar-refractivity contribution in [3.8, 4) is 22.8 Å². The van der Waals surface area contributed by atoms with E-state index < -0.39 is 28.2 Å². The van der Waals surface area contributed by atoms with E-state index >= 15 is 0 Å². The van der Waals surface area contributed by atoms with Gasteiger partial charge in [-0.2, -0.15) is 0 Å². The number of carbonyl (C=O) groups excluding carboxylic acids is 2. The molecule has 5 rings (SSSR count). The Morgan fingerprint density at radius 3 is 2.42 bits per heavy atom. The second kappa shape index (κ2) is 11.1. The number of aryl methyl sites for hydroxylation is 1. The summed E-state index contributed by atoms with van der Waals surface area (Å²) in [6.07, 6.45) is 0. The van der Waals surface area contributed by atoms with Crippen molar-refractivity contribution in [3.63, 3.8) is 0 Å². The number of fused-ring (bicyclic) bond motifs is 1. The average Bonchev–Trinajstić information content (AvgIpc) is 3.28. The number of nitrogens with zero attached hydrogens (tertiary/aromatic N) is 1. The van der Waals surface area contributed by atoms with Crippen LogP contribution in [0.5, 0.6) is 11.5 Å². The van der Waals surface area contributed by atoms with Gasteiger partial charge in [0.05, 0.1) is 21.1 Å². The maximum absolute atomic E-state index is 14.1. The third-order valence-electron chi connectivity index (χ3n) is 6.37. The molecule has 1 aliphatic heterocycles. The van der Waals surface area contributed by atoms with Gasteiger partial charge in [0.1, 0.15) is 19.0 Å². The van der Waals surface area contributed by atoms with Crippen LogP contribution in [0, 0.1) is 11.6 Å². The lowest BCUT2D eigenvalue weighted by Gasteiger charge is -2.18. The smallest absolute Gasteiger partial charge is 0.290 e. The van der Waals surface area contributed by atoms with Gasteiger partial charge < -0.3 is 14.0 Å². The molecule has 0 bridgehead atoms. The van der Waals surface area contributed by atoms with Crippen molar-refractivity contribution in [2.75, 3.05) is 13.2 Å². The minimum absolute atomic E-state index is 0.0130. The number of para-hydroxylation sites is 1. The van der Waals surface area contributed by atoms with E-state index in [2.05, 4.69) is 5.32 Å². The number of aromatic nitrogens is 1. The highest BCUT2D eigenvalue weighted by Crippen LogP contribution is 2.35. The van der Waals surface area contributed by atoms with Crippen LogP contribution >= 0.6 is 23.4 Å². The van der Waals surface area contributed by atoms with Crippen LogP contribution in [0.2, 0.25) is 5.02 Å². The monoisotopic (exact) mass is 582 g/mol. The van der Waals surface area contributed by atoms with Gasteiger partial charge >= 0.3 is 0 Å². The molecule has 2 heterocycles. The van der Waals surface area contributed by atoms with Gasteiger partial charge in [-0.05, 0) is 72.3 Å². The summed E-state index contributed by atoms with van der Waals surface area (Å²) in [5.41, 5.74) is 2.02. The van der Waals surface area contributed by atoms with E-state index in [1.807, 2.05) is 0 Å². The largest absolute Gasteiger partial charge is 0.488 e. The summed E-state index contributed by atoms with van der Waals surface area (Å²) in [5, 5.41) is 2.48. The summed E-state index contributed by atoms with van der Waals surface area (Å²) < 4.78 is 41.1. The normalized spacial score (nSPS) is 14.4. The van der Waals surface area contributed by atoms with Crippen molar-refractivity contribution in [1.82, 2.24) is 9.88 Å². The van der Waals surface area contributed by atoms with Crippen molar-refractivity contribution in [2.45, 2.75) is 6.92 Å². The standard InChI is InChI=1S/C29H21ClF2N2O5S/c1-15(27-28(36)33-29(37)40-27)16-8-10-23(19(30)13-16)38-11-12-39-26-24(17-7-9-20(31)21(32)14-17)34(2)22-6-4-3-5-18(22)25(26)35/h3-10,13-14H,11-12H2,1-2H3,(H,33,36,37)/b27-15+. The molecular weight excluding hydrogens is 562 g/mol. The van der Waals surface area contributed by atoms with Crippen LogP contribution in [0.4, 0.5) is 13.6 Å². The molecule has 1 aliphatic rings. The van der Waals surface area contributed by atoms with Gasteiger partial charge in [-0.15, -0.1) is 0 Å². The number of nitrogens with one attached hydrogen (secondary N) is 1. The van der Waals surface area contributed by atoms with Crippen LogP contribution < -0.4 is 20.2 Å². The lowest BCUT2D eigenvalue weighted by molar-refractivity contribution is -0.115. The Kier molecular flexibility index (Phi) is 7.64. The van der Waals surface area contributed by atoms with Crippen LogP contribution in [0.25, 0.3) is 27.7 Å². The Bertz CT molecular complexity index is 1790. The number of hydrogen-bond acceptors (Lipinski definition) is 6. The molecule has 0 radical (unpaired) electrons. The van der Waals surface area contributed by atoms with E-state index in [1.165, 1.54) is 6.07 Å². The number of rotatable bonds is 7. The third kappa shape index (κ3) is 5.20. The zero-order valence-electron chi connectivity index (χ0n) is 21.2. The van der Waals surface area contributed by atoms with Gasteiger partial charge in [-0.1, -0.05) is 29.8 Å². The van der Waals surface area contributed by atoms with E-state index in [-0.39, 0.29) is 29.5 Å². The minimum atomic E-state index is -1.05. The van der Waals surface area contributed by atoms with Crippen LogP contribution in [-0.2, 0) is 11.8 Å². The van der Waals surface area contributed by atoms with Gasteiger partial charge in [0.15, 0.2) is 17.4 Å². The minimum Gasteiger partial charge on any atom is -0.488 e. The summed E-state index contributed by atoms with van der Waals surface area (Å²) in [6, 6.07) is 15.3. The molecule has 0 atom stereocenters. The predicted molar refractivity (Wildman–Crippen MR) is 151 cm³/mol. The molecule has 1 saturated heterocycles. The van der Waals surface area contributed by atoms with Gasteiger partial charge in [0.2, 0.25) is 5.43 Å².